The fraction of sp³-hybridized carbons (Fsp3) is 0.286. The minimum atomic E-state index is -4.88. The van der Waals surface area contributed by atoms with E-state index in [0.717, 1.165) is 12.1 Å². The summed E-state index contributed by atoms with van der Waals surface area (Å²) in [7, 11) is 0. The van der Waals surface area contributed by atoms with Crippen LogP contribution in [0.1, 0.15) is 35.9 Å². The Morgan fingerprint density at radius 1 is 1.19 bits per heavy atom. The molecule has 3 N–H and O–H groups in total. The van der Waals surface area contributed by atoms with Crippen LogP contribution in [0.15, 0.2) is 42.5 Å². The number of primary amides is 1. The Morgan fingerprint density at radius 2 is 1.90 bits per heavy atom. The summed E-state index contributed by atoms with van der Waals surface area (Å²) in [6.07, 6.45) is -4.88. The maximum Gasteiger partial charge on any atom is 0.573 e. The molecule has 2 unspecified atom stereocenters. The number of carboxylic acids is 1. The lowest BCUT2D eigenvalue weighted by atomic mass is 10.1. The molecule has 0 radical (unpaired) electrons. The van der Waals surface area contributed by atoms with Gasteiger partial charge in [0.1, 0.15) is 17.3 Å². The molecule has 0 bridgehead atoms. The van der Waals surface area contributed by atoms with E-state index >= 15 is 0 Å². The van der Waals surface area contributed by atoms with Crippen LogP contribution in [0.5, 0.6) is 5.75 Å². The molecule has 1 saturated carbocycles. The summed E-state index contributed by atoms with van der Waals surface area (Å²) < 4.78 is 43.3. The van der Waals surface area contributed by atoms with Gasteiger partial charge in [-0.1, -0.05) is 19.9 Å². The van der Waals surface area contributed by atoms with Crippen molar-refractivity contribution in [2.45, 2.75) is 26.1 Å². The van der Waals surface area contributed by atoms with Gasteiger partial charge < -0.3 is 15.6 Å². The second-order valence-corrected chi connectivity index (χ2v) is 8.03. The molecule has 2 heterocycles. The summed E-state index contributed by atoms with van der Waals surface area (Å²) in [6.45, 7) is 3.65. The van der Waals surface area contributed by atoms with Gasteiger partial charge in [0.15, 0.2) is 0 Å². The number of fused-ring (bicyclic) bond motifs is 1. The molecule has 1 amide bonds. The number of pyridine rings is 1. The zero-order valence-corrected chi connectivity index (χ0v) is 16.5. The Kier molecular flexibility index (Phi) is 4.49. The van der Waals surface area contributed by atoms with E-state index in [1.165, 1.54) is 16.7 Å². The SMILES string of the molecule is CC1(C)C(C(=O)O)C1c1cccc(-n2c(C(N)=O)cc3ccc(OC(F)(F)F)cc32)n1. The van der Waals surface area contributed by atoms with Gasteiger partial charge in [0, 0.05) is 23.1 Å². The number of carbonyl (C=O) groups is 2. The third-order valence-electron chi connectivity index (χ3n) is 5.66. The maximum atomic E-state index is 12.7. The van der Waals surface area contributed by atoms with E-state index in [2.05, 4.69) is 9.72 Å². The number of hydrogen-bond acceptors (Lipinski definition) is 4. The third-order valence-corrected chi connectivity index (χ3v) is 5.66. The van der Waals surface area contributed by atoms with Crippen LogP contribution in [0.2, 0.25) is 0 Å². The summed E-state index contributed by atoms with van der Waals surface area (Å²) in [5.41, 5.74) is 5.76. The van der Waals surface area contributed by atoms with Gasteiger partial charge in [0.25, 0.3) is 5.91 Å². The first-order valence-corrected chi connectivity index (χ1v) is 9.31. The van der Waals surface area contributed by atoms with Crippen molar-refractivity contribution >= 4 is 22.8 Å². The molecule has 1 aliphatic carbocycles. The number of carbonyl (C=O) groups excluding carboxylic acids is 1. The number of carboxylic acid groups (broad SMARTS) is 1. The van der Waals surface area contributed by atoms with Crippen LogP contribution in [0.3, 0.4) is 0 Å². The molecule has 31 heavy (non-hydrogen) atoms. The monoisotopic (exact) mass is 433 g/mol. The summed E-state index contributed by atoms with van der Waals surface area (Å²) in [4.78, 5) is 28.1. The number of aliphatic carboxylic acids is 1. The highest BCUT2D eigenvalue weighted by atomic mass is 19.4. The van der Waals surface area contributed by atoms with Crippen molar-refractivity contribution in [3.8, 4) is 11.6 Å². The lowest BCUT2D eigenvalue weighted by Crippen LogP contribution is -2.17. The number of hydrogen-bond donors (Lipinski definition) is 2. The van der Waals surface area contributed by atoms with E-state index < -0.39 is 35.3 Å². The molecule has 162 valence electrons. The summed E-state index contributed by atoms with van der Waals surface area (Å²) in [5, 5.41) is 9.92. The van der Waals surface area contributed by atoms with E-state index in [4.69, 9.17) is 5.73 Å². The van der Waals surface area contributed by atoms with E-state index in [1.807, 2.05) is 13.8 Å². The zero-order valence-electron chi connectivity index (χ0n) is 16.5. The van der Waals surface area contributed by atoms with Crippen LogP contribution < -0.4 is 10.5 Å². The highest BCUT2D eigenvalue weighted by Crippen LogP contribution is 2.64. The van der Waals surface area contributed by atoms with Crippen LogP contribution in [-0.4, -0.2) is 32.9 Å². The van der Waals surface area contributed by atoms with Crippen LogP contribution in [0.25, 0.3) is 16.7 Å². The Morgan fingerprint density at radius 3 is 2.48 bits per heavy atom. The smallest absolute Gasteiger partial charge is 0.481 e. The van der Waals surface area contributed by atoms with E-state index in [1.54, 1.807) is 18.2 Å². The number of nitrogens with zero attached hydrogens (tertiary/aromatic N) is 2. The Labute approximate surface area is 174 Å². The van der Waals surface area contributed by atoms with Crippen LogP contribution in [-0.2, 0) is 4.79 Å². The second kappa shape index (κ2) is 6.73. The Bertz CT molecular complexity index is 1220. The molecule has 0 saturated heterocycles. The molecule has 10 heteroatoms. The summed E-state index contributed by atoms with van der Waals surface area (Å²) in [5.74, 6) is -2.90. The lowest BCUT2D eigenvalue weighted by Gasteiger charge is -2.12. The lowest BCUT2D eigenvalue weighted by molar-refractivity contribution is -0.274. The third kappa shape index (κ3) is 3.58. The van der Waals surface area contributed by atoms with Crippen molar-refractivity contribution in [3.05, 3.63) is 53.9 Å². The predicted octanol–water partition coefficient (Wildman–Crippen LogP) is 3.85. The van der Waals surface area contributed by atoms with Crippen molar-refractivity contribution in [2.24, 2.45) is 17.1 Å². The molecule has 0 spiro atoms. The minimum Gasteiger partial charge on any atom is -0.481 e. The van der Waals surface area contributed by atoms with Gasteiger partial charge in [-0.3, -0.25) is 14.2 Å². The van der Waals surface area contributed by atoms with Crippen LogP contribution in [0, 0.1) is 11.3 Å². The number of ether oxygens (including phenoxy) is 1. The molecule has 7 nitrogen and oxygen atoms in total. The van der Waals surface area contributed by atoms with Gasteiger partial charge in [-0.05, 0) is 35.7 Å². The number of benzene rings is 1. The van der Waals surface area contributed by atoms with Crippen LogP contribution >= 0.6 is 0 Å². The van der Waals surface area contributed by atoms with E-state index in [0.29, 0.717) is 11.1 Å². The number of halogens is 3. The average molecular weight is 433 g/mol. The van der Waals surface area contributed by atoms with Gasteiger partial charge in [-0.2, -0.15) is 0 Å². The molecule has 1 aliphatic rings. The fourth-order valence-corrected chi connectivity index (χ4v) is 4.19. The Balaban J connectivity index is 1.85. The maximum absolute atomic E-state index is 12.7. The summed E-state index contributed by atoms with van der Waals surface area (Å²) in [6, 6.07) is 10.0. The molecule has 4 rings (SSSR count). The first-order chi connectivity index (χ1) is 14.4. The Hall–Kier alpha value is -3.56. The second-order valence-electron chi connectivity index (χ2n) is 8.03. The molecular weight excluding hydrogens is 415 g/mol. The quantitative estimate of drug-likeness (QED) is 0.636. The first-order valence-electron chi connectivity index (χ1n) is 9.31. The average Bonchev–Trinajstić information content (AvgIpc) is 3.04. The highest BCUT2D eigenvalue weighted by Gasteiger charge is 2.63. The van der Waals surface area contributed by atoms with E-state index in [-0.39, 0.29) is 22.9 Å². The van der Waals surface area contributed by atoms with Gasteiger partial charge >= 0.3 is 12.3 Å². The molecule has 3 aromatic rings. The molecule has 1 fully saturated rings. The number of amides is 1. The van der Waals surface area contributed by atoms with Gasteiger partial charge in [0.2, 0.25) is 0 Å². The molecule has 2 atom stereocenters. The predicted molar refractivity (Wildman–Crippen MR) is 104 cm³/mol. The van der Waals surface area contributed by atoms with Gasteiger partial charge in [0.05, 0.1) is 11.4 Å². The minimum absolute atomic E-state index is 0.0219. The topological polar surface area (TPSA) is 107 Å². The number of rotatable bonds is 5. The van der Waals surface area contributed by atoms with E-state index in [9.17, 15) is 27.9 Å². The largest absolute Gasteiger partial charge is 0.573 e. The van der Waals surface area contributed by atoms with Crippen LogP contribution in [0.4, 0.5) is 13.2 Å². The van der Waals surface area contributed by atoms with Crippen molar-refractivity contribution in [1.82, 2.24) is 9.55 Å². The van der Waals surface area contributed by atoms with Crippen molar-refractivity contribution < 1.29 is 32.6 Å². The molecule has 0 aliphatic heterocycles. The molecular formula is C21H18F3N3O4. The molecule has 1 aromatic carbocycles. The number of alkyl halides is 3. The number of nitrogens with two attached hydrogens (primary N) is 1. The van der Waals surface area contributed by atoms with Crippen molar-refractivity contribution in [2.75, 3.05) is 0 Å². The normalized spacial score (nSPS) is 19.9. The zero-order chi connectivity index (χ0) is 22.7. The van der Waals surface area contributed by atoms with Gasteiger partial charge in [-0.25, -0.2) is 4.98 Å². The molecule has 2 aromatic heterocycles. The standard InChI is InChI=1S/C21H18F3N3O4/c1-20(2)16(17(20)19(29)30)12-4-3-5-15(26-12)27-13-9-11(31-21(22,23)24)7-6-10(13)8-14(27)18(25)28/h3-9,16-17H,1-2H3,(H2,25,28)(H,29,30). The number of aromatic nitrogens is 2. The fourth-order valence-electron chi connectivity index (χ4n) is 4.19. The first kappa shape index (κ1) is 20.7. The van der Waals surface area contributed by atoms with Crippen molar-refractivity contribution in [3.63, 3.8) is 0 Å². The van der Waals surface area contributed by atoms with Crippen molar-refractivity contribution in [1.29, 1.82) is 0 Å². The van der Waals surface area contributed by atoms with Gasteiger partial charge in [-0.15, -0.1) is 13.2 Å². The highest BCUT2D eigenvalue weighted by molar-refractivity contribution is 5.99. The summed E-state index contributed by atoms with van der Waals surface area (Å²) >= 11 is 0.